The van der Waals surface area contributed by atoms with Crippen molar-refractivity contribution in [2.75, 3.05) is 45.7 Å². The number of nitrogens with zero attached hydrogens (tertiary/aromatic N) is 3. The molecule has 0 radical (unpaired) electrons. The molecule has 1 saturated carbocycles. The van der Waals surface area contributed by atoms with Crippen LogP contribution >= 0.6 is 0 Å². The summed E-state index contributed by atoms with van der Waals surface area (Å²) in [7, 11) is 1.01. The molecule has 4 rings (SSSR count). The number of carbonyl (C=O) groups is 4. The number of hydrogen-bond donors (Lipinski definition) is 3. The summed E-state index contributed by atoms with van der Waals surface area (Å²) in [6.07, 6.45) is -0.265. The molecule has 0 bridgehead atoms. The minimum absolute atomic E-state index is 0.0621. The molecule has 3 N–H and O–H groups in total. The number of amides is 4. The molecule has 2 fully saturated rings. The summed E-state index contributed by atoms with van der Waals surface area (Å²) >= 11 is 0. The number of ether oxygens (including phenoxy) is 1. The highest BCUT2D eigenvalue weighted by Crippen LogP contribution is 2.41. The molecule has 1 saturated heterocycles. The summed E-state index contributed by atoms with van der Waals surface area (Å²) in [6, 6.07) is 5.10. The van der Waals surface area contributed by atoms with Crippen LogP contribution in [-0.2, 0) is 25.1 Å². The van der Waals surface area contributed by atoms with E-state index in [1.807, 2.05) is 7.05 Å². The van der Waals surface area contributed by atoms with Gasteiger partial charge in [0.1, 0.15) is 21.5 Å². The minimum Gasteiger partial charge on any atom is -0.481 e. The molecule has 280 valence electrons. The van der Waals surface area contributed by atoms with Crippen molar-refractivity contribution in [2.45, 2.75) is 75.3 Å². The molecule has 51 heavy (non-hydrogen) atoms. The number of hydrogen-bond acceptors (Lipinski definition) is 7. The van der Waals surface area contributed by atoms with E-state index < -0.39 is 81.0 Å². The lowest BCUT2D eigenvalue weighted by molar-refractivity contribution is -0.145. The minimum atomic E-state index is -4.01. The molecule has 0 spiro atoms. The highest BCUT2D eigenvalue weighted by atomic mass is 28.2. The van der Waals surface area contributed by atoms with Crippen molar-refractivity contribution in [1.29, 1.82) is 0 Å². The summed E-state index contributed by atoms with van der Waals surface area (Å²) in [5, 5.41) is 5.24. The predicted molar refractivity (Wildman–Crippen MR) is 182 cm³/mol. The molecule has 2 aliphatic rings. The van der Waals surface area contributed by atoms with Gasteiger partial charge in [0.05, 0.1) is 12.8 Å². The van der Waals surface area contributed by atoms with Crippen LogP contribution in [0.1, 0.15) is 63.0 Å². The average molecular weight is 741 g/mol. The third kappa shape index (κ3) is 10.0. The lowest BCUT2D eigenvalue weighted by Crippen LogP contribution is -2.55. The Morgan fingerprint density at radius 3 is 2.31 bits per heavy atom. The zero-order chi connectivity index (χ0) is 37.5. The molecule has 3 atom stereocenters. The van der Waals surface area contributed by atoms with Crippen LogP contribution in [0.3, 0.4) is 0 Å². The first-order chi connectivity index (χ1) is 24.1. The van der Waals surface area contributed by atoms with E-state index in [0.717, 1.165) is 18.3 Å². The van der Waals surface area contributed by atoms with Gasteiger partial charge in [0.25, 0.3) is 5.91 Å². The standard InChI is InChI=1S/C34H45F5N6O5Si/c1-5-26(46)42-28(31(48)45-16-14-44(3)15-17-45)20(2)22-6-8-25(24(35)18-22)41-30(47)29(21-10-12-33(36,37)13-11-21)51-43-32(49)34(38,39)23-7-9-27(50-4)40-19-23/h6-9,18-21,28-29H,5,10-17,51H2,1-4H3,(H,41,47)(H,42,46)(H,43,49)/t20-,28+,29-/m0/s1. The van der Waals surface area contributed by atoms with Crippen LogP contribution in [0, 0.1) is 11.7 Å². The van der Waals surface area contributed by atoms with Gasteiger partial charge in [-0.3, -0.25) is 19.2 Å². The lowest BCUT2D eigenvalue weighted by atomic mass is 9.84. The molecule has 0 unspecified atom stereocenters. The smallest absolute Gasteiger partial charge is 0.350 e. The van der Waals surface area contributed by atoms with Crippen LogP contribution in [0.5, 0.6) is 5.88 Å². The largest absolute Gasteiger partial charge is 0.481 e. The number of benzene rings is 1. The fourth-order valence-corrected chi connectivity index (χ4v) is 8.02. The number of methoxy groups -OCH3 is 1. The second kappa shape index (κ2) is 16.9. The fourth-order valence-electron chi connectivity index (χ4n) is 6.30. The number of alkyl halides is 4. The first-order valence-corrected chi connectivity index (χ1v) is 18.5. The number of likely N-dealkylation sites (N-methyl/N-ethyl adjacent to an activating group) is 1. The molecule has 1 aliphatic heterocycles. The zero-order valence-electron chi connectivity index (χ0n) is 29.1. The molecular formula is C34H45F5N6O5Si. The van der Waals surface area contributed by atoms with Crippen LogP contribution in [0.25, 0.3) is 0 Å². The van der Waals surface area contributed by atoms with Crippen molar-refractivity contribution >= 4 is 39.0 Å². The summed E-state index contributed by atoms with van der Waals surface area (Å²) < 4.78 is 78.5. The van der Waals surface area contributed by atoms with Crippen LogP contribution in [0.2, 0.25) is 5.54 Å². The van der Waals surface area contributed by atoms with Crippen molar-refractivity contribution in [3.8, 4) is 5.88 Å². The van der Waals surface area contributed by atoms with Crippen molar-refractivity contribution in [3.63, 3.8) is 0 Å². The van der Waals surface area contributed by atoms with Crippen LogP contribution < -0.4 is 20.4 Å². The topological polar surface area (TPSA) is 133 Å². The molecule has 1 aromatic heterocycles. The SMILES string of the molecule is CCC(=O)N[C@@H](C(=O)N1CCN(C)CC1)[C@@H](C)c1ccc(NC(=O)[C@@H]([SiH2]NC(=O)C(F)(F)c2ccc(OC)nc2)C2CCC(F)(F)CC2)c(F)c1. The Kier molecular flexibility index (Phi) is 13.2. The molecule has 17 heteroatoms. The Morgan fingerprint density at radius 1 is 1.08 bits per heavy atom. The Labute approximate surface area is 296 Å². The van der Waals surface area contributed by atoms with E-state index in [9.17, 15) is 28.0 Å². The molecule has 11 nitrogen and oxygen atoms in total. The number of pyridine rings is 1. The number of carbonyl (C=O) groups excluding carboxylic acids is 4. The number of halogens is 5. The lowest BCUT2D eigenvalue weighted by Gasteiger charge is -2.36. The van der Waals surface area contributed by atoms with E-state index >= 15 is 13.2 Å². The van der Waals surface area contributed by atoms with Gasteiger partial charge in [0.15, 0.2) is 0 Å². The van der Waals surface area contributed by atoms with Crippen molar-refractivity contribution in [3.05, 3.63) is 53.5 Å². The third-order valence-electron chi connectivity index (χ3n) is 9.74. The third-order valence-corrected chi connectivity index (χ3v) is 11.7. The van der Waals surface area contributed by atoms with Crippen LogP contribution in [0.4, 0.5) is 27.6 Å². The molecule has 1 aromatic carbocycles. The fraction of sp³-hybridized carbons (Fsp3) is 0.559. The number of piperazine rings is 1. The monoisotopic (exact) mass is 740 g/mol. The number of anilines is 1. The quantitative estimate of drug-likeness (QED) is 0.212. The van der Waals surface area contributed by atoms with Gasteiger partial charge in [-0.05, 0) is 49.6 Å². The molecule has 2 aromatic rings. The first-order valence-electron chi connectivity index (χ1n) is 17.0. The van der Waals surface area contributed by atoms with Crippen molar-refractivity contribution < 1.29 is 45.9 Å². The predicted octanol–water partition coefficient (Wildman–Crippen LogP) is 3.55. The average Bonchev–Trinajstić information content (AvgIpc) is 3.11. The normalized spacial score (nSPS) is 18.9. The van der Waals surface area contributed by atoms with Crippen molar-refractivity contribution in [1.82, 2.24) is 25.1 Å². The highest BCUT2D eigenvalue weighted by Gasteiger charge is 2.44. The number of rotatable bonds is 13. The van der Waals surface area contributed by atoms with E-state index in [4.69, 9.17) is 4.74 Å². The maximum atomic E-state index is 15.6. The first kappa shape index (κ1) is 39.7. The van der Waals surface area contributed by atoms with Crippen LogP contribution in [-0.4, -0.2) is 100 Å². The van der Waals surface area contributed by atoms with Gasteiger partial charge < -0.3 is 30.2 Å². The maximum absolute atomic E-state index is 15.6. The Morgan fingerprint density at radius 2 is 1.75 bits per heavy atom. The Hall–Kier alpha value is -4.12. The van der Waals surface area contributed by atoms with Gasteiger partial charge in [0, 0.05) is 74.7 Å². The van der Waals surface area contributed by atoms with E-state index in [2.05, 4.69) is 25.5 Å². The van der Waals surface area contributed by atoms with Gasteiger partial charge in [-0.2, -0.15) is 8.78 Å². The second-order valence-electron chi connectivity index (χ2n) is 13.2. The summed E-state index contributed by atoms with van der Waals surface area (Å²) in [6.45, 7) is 5.61. The van der Waals surface area contributed by atoms with E-state index in [1.165, 1.54) is 25.3 Å². The van der Waals surface area contributed by atoms with E-state index in [-0.39, 0.29) is 42.6 Å². The van der Waals surface area contributed by atoms with Gasteiger partial charge in [-0.1, -0.05) is 19.9 Å². The van der Waals surface area contributed by atoms with E-state index in [1.54, 1.807) is 18.7 Å². The Balaban J connectivity index is 1.50. The Bertz CT molecular complexity index is 1550. The molecular weight excluding hydrogens is 695 g/mol. The van der Waals surface area contributed by atoms with Gasteiger partial charge >= 0.3 is 5.92 Å². The van der Waals surface area contributed by atoms with Crippen molar-refractivity contribution in [2.24, 2.45) is 5.92 Å². The zero-order valence-corrected chi connectivity index (χ0v) is 30.5. The molecule has 2 heterocycles. The molecule has 1 aliphatic carbocycles. The highest BCUT2D eigenvalue weighted by molar-refractivity contribution is 6.46. The van der Waals surface area contributed by atoms with Gasteiger partial charge in [-0.15, -0.1) is 0 Å². The number of aromatic nitrogens is 1. The van der Waals surface area contributed by atoms with E-state index in [0.29, 0.717) is 31.7 Å². The maximum Gasteiger partial charge on any atom is 0.350 e. The van der Waals surface area contributed by atoms with Gasteiger partial charge in [-0.25, -0.2) is 18.2 Å². The second-order valence-corrected chi connectivity index (χ2v) is 14.9. The van der Waals surface area contributed by atoms with Gasteiger partial charge in [0.2, 0.25) is 29.5 Å². The summed E-state index contributed by atoms with van der Waals surface area (Å²) in [4.78, 5) is 61.9. The van der Waals surface area contributed by atoms with Crippen LogP contribution in [0.15, 0.2) is 36.5 Å². The molecule has 4 amide bonds. The summed E-state index contributed by atoms with van der Waals surface area (Å²) in [5.74, 6) is -12.2. The summed E-state index contributed by atoms with van der Waals surface area (Å²) in [5.41, 5.74) is -1.69. The number of nitrogens with one attached hydrogen (secondary N) is 3.